The number of aliphatic hydroxyl groups is 2. The molecule has 0 aliphatic rings. The van der Waals surface area contributed by atoms with Gasteiger partial charge in [0.05, 0.1) is 23.9 Å². The lowest BCUT2D eigenvalue weighted by molar-refractivity contribution is 0.0810. The van der Waals surface area contributed by atoms with Crippen molar-refractivity contribution < 1.29 is 10.2 Å². The Morgan fingerprint density at radius 1 is 1.00 bits per heavy atom. The van der Waals surface area contributed by atoms with E-state index in [1.807, 2.05) is 72.1 Å². The van der Waals surface area contributed by atoms with Crippen molar-refractivity contribution in [3.63, 3.8) is 0 Å². The minimum atomic E-state index is -0.804. The molecule has 0 bridgehead atoms. The number of aromatic nitrogens is 4. The second kappa shape index (κ2) is 9.21. The van der Waals surface area contributed by atoms with Gasteiger partial charge >= 0.3 is 0 Å². The van der Waals surface area contributed by atoms with Crippen LogP contribution < -0.4 is 5.73 Å². The summed E-state index contributed by atoms with van der Waals surface area (Å²) >= 11 is 0. The van der Waals surface area contributed by atoms with E-state index >= 15 is 0 Å². The van der Waals surface area contributed by atoms with E-state index in [1.165, 1.54) is 0 Å². The highest BCUT2D eigenvalue weighted by Crippen LogP contribution is 2.34. The van der Waals surface area contributed by atoms with E-state index in [4.69, 9.17) is 15.7 Å². The summed E-state index contributed by atoms with van der Waals surface area (Å²) in [4.78, 5) is 14.2. The highest BCUT2D eigenvalue weighted by Gasteiger charge is 2.23. The minimum Gasteiger partial charge on any atom is -0.394 e. The fourth-order valence-electron chi connectivity index (χ4n) is 4.47. The fraction of sp³-hybridized carbons (Fsp3) is 0.222. The second-order valence-electron chi connectivity index (χ2n) is 8.50. The van der Waals surface area contributed by atoms with Gasteiger partial charge in [0.15, 0.2) is 0 Å². The van der Waals surface area contributed by atoms with E-state index in [9.17, 15) is 10.2 Å². The lowest BCUT2D eigenvalue weighted by Crippen LogP contribution is -2.17. The maximum absolute atomic E-state index is 10.1. The Morgan fingerprint density at radius 2 is 1.79 bits per heavy atom. The number of nitrogens with zero attached hydrogens (tertiary/aromatic N) is 4. The quantitative estimate of drug-likeness (QED) is 0.336. The van der Waals surface area contributed by atoms with Crippen LogP contribution in [-0.2, 0) is 0 Å². The molecule has 172 valence electrons. The van der Waals surface area contributed by atoms with Gasteiger partial charge in [0.1, 0.15) is 22.9 Å². The first-order chi connectivity index (χ1) is 16.6. The number of benzene rings is 2. The zero-order valence-electron chi connectivity index (χ0n) is 19.0. The monoisotopic (exact) mass is 453 g/mol. The molecule has 5 aromatic rings. The molecule has 0 aliphatic heterocycles. The van der Waals surface area contributed by atoms with E-state index in [-0.39, 0.29) is 12.5 Å². The Kier molecular flexibility index (Phi) is 5.96. The molecule has 7 nitrogen and oxygen atoms in total. The van der Waals surface area contributed by atoms with Crippen LogP contribution in [0.2, 0.25) is 0 Å². The van der Waals surface area contributed by atoms with Crippen LogP contribution in [0.15, 0.2) is 73.1 Å². The SMILES string of the molecule is CCC(CC(O)CO)c1nc(-c2ccc3ccc(-c4ccccc4)nc3c2)c2c(N)nccn12. The van der Waals surface area contributed by atoms with Gasteiger partial charge < -0.3 is 15.9 Å². The average molecular weight is 454 g/mol. The molecule has 3 aromatic heterocycles. The predicted octanol–water partition coefficient (Wildman–Crippen LogP) is 4.43. The molecule has 2 aromatic carbocycles. The molecule has 2 atom stereocenters. The molecule has 34 heavy (non-hydrogen) atoms. The Morgan fingerprint density at radius 3 is 2.56 bits per heavy atom. The average Bonchev–Trinajstić information content (AvgIpc) is 3.28. The number of nitrogens with two attached hydrogens (primary N) is 1. The van der Waals surface area contributed by atoms with Gasteiger partial charge in [0.25, 0.3) is 0 Å². The number of fused-ring (bicyclic) bond motifs is 2. The van der Waals surface area contributed by atoms with Crippen molar-refractivity contribution in [2.75, 3.05) is 12.3 Å². The van der Waals surface area contributed by atoms with Gasteiger partial charge in [-0.1, -0.05) is 55.5 Å². The summed E-state index contributed by atoms with van der Waals surface area (Å²) in [6, 6.07) is 20.3. The largest absolute Gasteiger partial charge is 0.394 e. The van der Waals surface area contributed by atoms with Crippen LogP contribution in [0, 0.1) is 0 Å². The Hall–Kier alpha value is -3.81. The molecule has 0 amide bonds. The molecule has 0 radical (unpaired) electrons. The molecule has 0 saturated heterocycles. The third-order valence-electron chi connectivity index (χ3n) is 6.27. The summed E-state index contributed by atoms with van der Waals surface area (Å²) in [5.41, 5.74) is 11.5. The van der Waals surface area contributed by atoms with Crippen LogP contribution >= 0.6 is 0 Å². The van der Waals surface area contributed by atoms with Crippen molar-refractivity contribution in [3.05, 3.63) is 78.9 Å². The summed E-state index contributed by atoms with van der Waals surface area (Å²) in [5.74, 6) is 1.13. The molecule has 0 aliphatic carbocycles. The standard InChI is InChI=1S/C27H27N5O2/c1-2-17(14-21(34)16-33)27-31-24(25-26(28)29-12-13-32(25)27)20-9-8-19-10-11-22(30-23(19)15-20)18-6-4-3-5-7-18/h3-13,15,17,21,33-34H,2,14,16H2,1H3,(H2,28,29). The summed E-state index contributed by atoms with van der Waals surface area (Å²) in [7, 11) is 0. The zero-order valence-corrected chi connectivity index (χ0v) is 19.0. The first kappa shape index (κ1) is 22.0. The number of pyridine rings is 1. The van der Waals surface area contributed by atoms with Crippen LogP contribution in [0.3, 0.4) is 0 Å². The molecular formula is C27H27N5O2. The number of hydrogen-bond acceptors (Lipinski definition) is 6. The number of aliphatic hydroxyl groups excluding tert-OH is 2. The summed E-state index contributed by atoms with van der Waals surface area (Å²) < 4.78 is 1.95. The van der Waals surface area contributed by atoms with Crippen molar-refractivity contribution in [2.24, 2.45) is 0 Å². The van der Waals surface area contributed by atoms with Gasteiger partial charge in [-0.15, -0.1) is 0 Å². The normalized spacial score (nSPS) is 13.4. The highest BCUT2D eigenvalue weighted by atomic mass is 16.3. The Labute approximate surface area is 197 Å². The van der Waals surface area contributed by atoms with Crippen LogP contribution in [-0.4, -0.2) is 42.3 Å². The van der Waals surface area contributed by atoms with Crippen LogP contribution in [0.5, 0.6) is 0 Å². The summed E-state index contributed by atoms with van der Waals surface area (Å²) in [6.07, 6.45) is 3.87. The first-order valence-corrected chi connectivity index (χ1v) is 11.5. The molecule has 7 heteroatoms. The zero-order chi connectivity index (χ0) is 23.7. The van der Waals surface area contributed by atoms with Crippen LogP contribution in [0.4, 0.5) is 5.82 Å². The molecule has 3 heterocycles. The van der Waals surface area contributed by atoms with Gasteiger partial charge in [-0.25, -0.2) is 15.0 Å². The number of rotatable bonds is 7. The van der Waals surface area contributed by atoms with Crippen molar-refractivity contribution in [1.29, 1.82) is 0 Å². The van der Waals surface area contributed by atoms with Gasteiger partial charge in [0.2, 0.25) is 0 Å². The fourth-order valence-corrected chi connectivity index (χ4v) is 4.47. The summed E-state index contributed by atoms with van der Waals surface area (Å²) in [5, 5.41) is 20.5. The number of hydrogen-bond donors (Lipinski definition) is 3. The van der Waals surface area contributed by atoms with Gasteiger partial charge in [-0.2, -0.15) is 0 Å². The minimum absolute atomic E-state index is 0.0477. The third-order valence-corrected chi connectivity index (χ3v) is 6.27. The maximum Gasteiger partial charge on any atom is 0.150 e. The van der Waals surface area contributed by atoms with Gasteiger partial charge in [-0.05, 0) is 25.0 Å². The molecule has 5 rings (SSSR count). The molecule has 2 unspecified atom stereocenters. The van der Waals surface area contributed by atoms with Crippen molar-refractivity contribution >= 4 is 22.2 Å². The Bertz CT molecular complexity index is 1450. The van der Waals surface area contributed by atoms with Crippen LogP contribution in [0.1, 0.15) is 31.5 Å². The smallest absolute Gasteiger partial charge is 0.150 e. The van der Waals surface area contributed by atoms with E-state index in [0.29, 0.717) is 12.2 Å². The summed E-state index contributed by atoms with van der Waals surface area (Å²) in [6.45, 7) is 1.77. The second-order valence-corrected chi connectivity index (χ2v) is 8.50. The lowest BCUT2D eigenvalue weighted by atomic mass is 9.98. The topological polar surface area (TPSA) is 110 Å². The Balaban J connectivity index is 1.65. The maximum atomic E-state index is 10.1. The number of imidazole rings is 1. The first-order valence-electron chi connectivity index (χ1n) is 11.5. The molecule has 0 fully saturated rings. The lowest BCUT2D eigenvalue weighted by Gasteiger charge is -2.16. The third kappa shape index (κ3) is 4.00. The number of anilines is 1. The highest BCUT2D eigenvalue weighted by molar-refractivity contribution is 5.91. The van der Waals surface area contributed by atoms with E-state index in [1.54, 1.807) is 6.20 Å². The van der Waals surface area contributed by atoms with E-state index in [2.05, 4.69) is 11.1 Å². The van der Waals surface area contributed by atoms with Gasteiger partial charge in [0, 0.05) is 34.8 Å². The van der Waals surface area contributed by atoms with Crippen molar-refractivity contribution in [3.8, 4) is 22.5 Å². The van der Waals surface area contributed by atoms with E-state index in [0.717, 1.165) is 51.2 Å². The van der Waals surface area contributed by atoms with Crippen molar-refractivity contribution in [1.82, 2.24) is 19.4 Å². The predicted molar refractivity (Wildman–Crippen MR) is 134 cm³/mol. The molecule has 4 N–H and O–H groups in total. The molecular weight excluding hydrogens is 426 g/mol. The number of nitrogen functional groups attached to an aromatic ring is 1. The molecule has 0 spiro atoms. The van der Waals surface area contributed by atoms with Gasteiger partial charge in [-0.3, -0.25) is 4.40 Å². The van der Waals surface area contributed by atoms with E-state index < -0.39 is 6.10 Å². The van der Waals surface area contributed by atoms with Crippen molar-refractivity contribution in [2.45, 2.75) is 31.8 Å². The van der Waals surface area contributed by atoms with Crippen LogP contribution in [0.25, 0.3) is 38.9 Å². The molecule has 0 saturated carbocycles.